The summed E-state index contributed by atoms with van der Waals surface area (Å²) >= 11 is 0. The summed E-state index contributed by atoms with van der Waals surface area (Å²) in [5, 5.41) is 19.5. The molecule has 2 N–H and O–H groups in total. The van der Waals surface area contributed by atoms with Crippen LogP contribution >= 0.6 is 0 Å². The third-order valence-electron chi connectivity index (χ3n) is 4.94. The Labute approximate surface area is 180 Å². The Morgan fingerprint density at radius 1 is 1.10 bits per heavy atom. The Bertz CT molecular complexity index is 983. The van der Waals surface area contributed by atoms with E-state index in [1.807, 2.05) is 30.3 Å². The largest absolute Gasteiger partial charge is 0.503 e. The van der Waals surface area contributed by atoms with Crippen LogP contribution in [0.25, 0.3) is 6.08 Å². The summed E-state index contributed by atoms with van der Waals surface area (Å²) in [5.74, 6) is -1.21. The zero-order valence-electron chi connectivity index (χ0n) is 17.2. The van der Waals surface area contributed by atoms with Crippen molar-refractivity contribution in [1.29, 1.82) is 0 Å². The van der Waals surface area contributed by atoms with E-state index in [-0.39, 0.29) is 31.9 Å². The lowest BCUT2D eigenvalue weighted by Crippen LogP contribution is -2.34. The first-order valence-corrected chi connectivity index (χ1v) is 9.91. The molecule has 1 aliphatic heterocycles. The lowest BCUT2D eigenvalue weighted by Gasteiger charge is -2.27. The molecule has 0 spiro atoms. The number of benzene rings is 2. The van der Waals surface area contributed by atoms with E-state index >= 15 is 0 Å². The van der Waals surface area contributed by atoms with Gasteiger partial charge >= 0.3 is 0 Å². The number of methoxy groups -OCH3 is 1. The molecule has 0 saturated carbocycles. The van der Waals surface area contributed by atoms with Crippen LogP contribution in [-0.4, -0.2) is 60.3 Å². The fraction of sp³-hybridized carbons (Fsp3) is 0.250. The van der Waals surface area contributed by atoms with Crippen molar-refractivity contribution in [3.05, 3.63) is 83.1 Å². The molecule has 0 aromatic heterocycles. The molecule has 7 nitrogen and oxygen atoms in total. The van der Waals surface area contributed by atoms with Crippen molar-refractivity contribution >= 4 is 17.8 Å². The van der Waals surface area contributed by atoms with E-state index in [0.717, 1.165) is 5.56 Å². The summed E-state index contributed by atoms with van der Waals surface area (Å²) in [5.41, 5.74) is 1.40. The van der Waals surface area contributed by atoms with Crippen LogP contribution in [0.1, 0.15) is 17.2 Å². The zero-order chi connectivity index (χ0) is 22.2. The third kappa shape index (κ3) is 5.02. The molecule has 162 valence electrons. The van der Waals surface area contributed by atoms with Gasteiger partial charge in [0.2, 0.25) is 0 Å². The molecular formula is C24H25NO6. The molecule has 7 heteroatoms. The van der Waals surface area contributed by atoms with Gasteiger partial charge in [-0.2, -0.15) is 0 Å². The van der Waals surface area contributed by atoms with Gasteiger partial charge < -0.3 is 24.6 Å². The molecule has 0 bridgehead atoms. The summed E-state index contributed by atoms with van der Waals surface area (Å²) in [6, 6.07) is 15.5. The number of nitrogens with zero attached hydrogens (tertiary/aromatic N) is 1. The SMILES string of the molecule is COc1ccccc1C1C(C(=O)C=Cc2ccccc2)=C(O)C(=O)N1CCOCCO. The van der Waals surface area contributed by atoms with E-state index < -0.39 is 23.5 Å². The molecule has 31 heavy (non-hydrogen) atoms. The van der Waals surface area contributed by atoms with Gasteiger partial charge in [0.1, 0.15) is 5.75 Å². The Balaban J connectivity index is 1.96. The smallest absolute Gasteiger partial charge is 0.290 e. The van der Waals surface area contributed by atoms with Gasteiger partial charge in [-0.25, -0.2) is 0 Å². The first-order chi connectivity index (χ1) is 15.1. The number of allylic oxidation sites excluding steroid dienone is 1. The molecule has 0 aliphatic carbocycles. The highest BCUT2D eigenvalue weighted by Gasteiger charge is 2.43. The summed E-state index contributed by atoms with van der Waals surface area (Å²) in [6.07, 6.45) is 2.99. The number of carbonyl (C=O) groups excluding carboxylic acids is 2. The molecule has 0 radical (unpaired) electrons. The number of aliphatic hydroxyl groups is 2. The van der Waals surface area contributed by atoms with Gasteiger partial charge in [0.15, 0.2) is 11.5 Å². The minimum absolute atomic E-state index is 0.0103. The zero-order valence-corrected chi connectivity index (χ0v) is 17.2. The second kappa shape index (κ2) is 10.6. The number of amides is 1. The quantitative estimate of drug-likeness (QED) is 0.451. The maximum Gasteiger partial charge on any atom is 0.290 e. The van der Waals surface area contributed by atoms with Gasteiger partial charge in [-0.05, 0) is 17.7 Å². The van der Waals surface area contributed by atoms with Crippen molar-refractivity contribution in [3.8, 4) is 5.75 Å². The van der Waals surface area contributed by atoms with Crippen LogP contribution in [0.3, 0.4) is 0 Å². The molecule has 1 atom stereocenters. The van der Waals surface area contributed by atoms with E-state index in [1.165, 1.54) is 18.1 Å². The summed E-state index contributed by atoms with van der Waals surface area (Å²) < 4.78 is 10.7. The maximum absolute atomic E-state index is 13.1. The Morgan fingerprint density at radius 2 is 1.81 bits per heavy atom. The van der Waals surface area contributed by atoms with Crippen LogP contribution in [0.2, 0.25) is 0 Å². The maximum atomic E-state index is 13.1. The third-order valence-corrected chi connectivity index (χ3v) is 4.94. The van der Waals surface area contributed by atoms with E-state index in [4.69, 9.17) is 14.6 Å². The molecule has 1 amide bonds. The minimum atomic E-state index is -0.825. The molecular weight excluding hydrogens is 398 g/mol. The molecule has 0 fully saturated rings. The van der Waals surface area contributed by atoms with Gasteiger partial charge in [-0.3, -0.25) is 9.59 Å². The van der Waals surface area contributed by atoms with Crippen molar-refractivity contribution in [2.75, 3.05) is 33.5 Å². The average molecular weight is 423 g/mol. The number of carbonyl (C=O) groups is 2. The van der Waals surface area contributed by atoms with Crippen LogP contribution in [0.15, 0.2) is 72.0 Å². The van der Waals surface area contributed by atoms with Gasteiger partial charge in [0.25, 0.3) is 5.91 Å². The molecule has 1 aliphatic rings. The van der Waals surface area contributed by atoms with Gasteiger partial charge in [0.05, 0.1) is 38.5 Å². The summed E-state index contributed by atoms with van der Waals surface area (Å²) in [7, 11) is 1.50. The highest BCUT2D eigenvalue weighted by molar-refractivity contribution is 6.14. The number of ether oxygens (including phenoxy) is 2. The average Bonchev–Trinajstić information content (AvgIpc) is 3.05. The van der Waals surface area contributed by atoms with Crippen molar-refractivity contribution in [3.63, 3.8) is 0 Å². The minimum Gasteiger partial charge on any atom is -0.503 e. The first-order valence-electron chi connectivity index (χ1n) is 9.91. The summed E-state index contributed by atoms with van der Waals surface area (Å²) in [4.78, 5) is 27.3. The Hall–Kier alpha value is -3.42. The monoisotopic (exact) mass is 423 g/mol. The molecule has 0 saturated heterocycles. The second-order valence-corrected chi connectivity index (χ2v) is 6.85. The van der Waals surface area contributed by atoms with E-state index in [2.05, 4.69) is 0 Å². The molecule has 1 heterocycles. The summed E-state index contributed by atoms with van der Waals surface area (Å²) in [6.45, 7) is 0.269. The normalized spacial score (nSPS) is 16.4. The van der Waals surface area contributed by atoms with Gasteiger partial charge in [-0.1, -0.05) is 54.6 Å². The highest BCUT2D eigenvalue weighted by atomic mass is 16.5. The lowest BCUT2D eigenvalue weighted by atomic mass is 9.95. The highest BCUT2D eigenvalue weighted by Crippen LogP contribution is 2.41. The fourth-order valence-corrected chi connectivity index (χ4v) is 3.51. The number of aliphatic hydroxyl groups excluding tert-OH is 2. The Kier molecular flexibility index (Phi) is 7.59. The number of rotatable bonds is 10. The predicted octanol–water partition coefficient (Wildman–Crippen LogP) is 2.68. The van der Waals surface area contributed by atoms with E-state index in [0.29, 0.717) is 11.3 Å². The standard InChI is InChI=1S/C24H25NO6/c1-30-20-10-6-5-9-18(20)22-21(19(27)12-11-17-7-3-2-4-8-17)23(28)24(29)25(22)13-15-31-16-14-26/h2-12,22,26,28H,13-16H2,1H3. The van der Waals surface area contributed by atoms with Gasteiger partial charge in [-0.15, -0.1) is 0 Å². The van der Waals surface area contributed by atoms with E-state index in [9.17, 15) is 14.7 Å². The van der Waals surface area contributed by atoms with Crippen molar-refractivity contribution in [1.82, 2.24) is 4.90 Å². The van der Waals surface area contributed by atoms with Crippen LogP contribution < -0.4 is 4.74 Å². The van der Waals surface area contributed by atoms with Crippen LogP contribution in [0.5, 0.6) is 5.75 Å². The van der Waals surface area contributed by atoms with E-state index in [1.54, 1.807) is 30.3 Å². The van der Waals surface area contributed by atoms with Crippen molar-refractivity contribution in [2.45, 2.75) is 6.04 Å². The number of ketones is 1. The topological polar surface area (TPSA) is 96.3 Å². The molecule has 3 rings (SSSR count). The number of hydrogen-bond acceptors (Lipinski definition) is 6. The van der Waals surface area contributed by atoms with Crippen molar-refractivity contribution < 1.29 is 29.3 Å². The Morgan fingerprint density at radius 3 is 2.52 bits per heavy atom. The number of para-hydroxylation sites is 1. The molecule has 2 aromatic carbocycles. The van der Waals surface area contributed by atoms with Crippen LogP contribution in [-0.2, 0) is 14.3 Å². The lowest BCUT2D eigenvalue weighted by molar-refractivity contribution is -0.130. The van der Waals surface area contributed by atoms with Crippen LogP contribution in [0, 0.1) is 0 Å². The second-order valence-electron chi connectivity index (χ2n) is 6.85. The fourth-order valence-electron chi connectivity index (χ4n) is 3.51. The molecule has 2 aromatic rings. The van der Waals surface area contributed by atoms with Crippen LogP contribution in [0.4, 0.5) is 0 Å². The molecule has 1 unspecified atom stereocenters. The predicted molar refractivity (Wildman–Crippen MR) is 115 cm³/mol. The van der Waals surface area contributed by atoms with Gasteiger partial charge in [0, 0.05) is 12.1 Å². The first kappa shape index (κ1) is 22.3. The number of hydrogen-bond donors (Lipinski definition) is 2. The van der Waals surface area contributed by atoms with Crippen molar-refractivity contribution in [2.24, 2.45) is 0 Å².